The van der Waals surface area contributed by atoms with Gasteiger partial charge in [-0.25, -0.2) is 0 Å². The van der Waals surface area contributed by atoms with Gasteiger partial charge >= 0.3 is 0 Å². The molecule has 0 fully saturated rings. The van der Waals surface area contributed by atoms with Crippen molar-refractivity contribution in [3.63, 3.8) is 0 Å². The van der Waals surface area contributed by atoms with Crippen LogP contribution < -0.4 is 10.6 Å². The fraction of sp³-hybridized carbons (Fsp3) is 0.227. The van der Waals surface area contributed by atoms with Gasteiger partial charge in [-0.3, -0.25) is 9.69 Å². The first-order valence-corrected chi connectivity index (χ1v) is 10.3. The molecule has 5 rings (SSSR count). The molecule has 0 spiro atoms. The van der Waals surface area contributed by atoms with Gasteiger partial charge in [0.2, 0.25) is 0 Å². The number of carbonyl (C=O) groups is 1. The molecule has 3 N–H and O–H groups in total. The number of amides is 1. The summed E-state index contributed by atoms with van der Waals surface area (Å²) in [5.41, 5.74) is 3.94. The maximum Gasteiger partial charge on any atom is 0.256 e. The minimum atomic E-state index is -0.415. The van der Waals surface area contributed by atoms with Gasteiger partial charge in [-0.05, 0) is 23.6 Å². The van der Waals surface area contributed by atoms with Gasteiger partial charge in [0.25, 0.3) is 5.91 Å². The van der Waals surface area contributed by atoms with Crippen molar-refractivity contribution in [2.24, 2.45) is 0 Å². The van der Waals surface area contributed by atoms with Crippen LogP contribution in [0.1, 0.15) is 38.1 Å². The van der Waals surface area contributed by atoms with Gasteiger partial charge in [0.05, 0.1) is 5.56 Å². The Bertz CT molecular complexity index is 1030. The van der Waals surface area contributed by atoms with Crippen molar-refractivity contribution in [2.75, 3.05) is 11.9 Å². The molecule has 1 aromatic heterocycles. The number of nitrogens with one attached hydrogen (secondary N) is 2. The molecule has 6 heteroatoms. The Balaban J connectivity index is 1.40. The zero-order valence-corrected chi connectivity index (χ0v) is 16.1. The van der Waals surface area contributed by atoms with E-state index >= 15 is 0 Å². The predicted octanol–water partition coefficient (Wildman–Crippen LogP) is 3.87. The smallest absolute Gasteiger partial charge is 0.256 e. The molecule has 0 saturated heterocycles. The lowest BCUT2D eigenvalue weighted by atomic mass is 10.00. The summed E-state index contributed by atoms with van der Waals surface area (Å²) in [6.07, 6.45) is 0.464. The largest absolute Gasteiger partial charge is 0.508 e. The monoisotopic (exact) mass is 391 g/mol. The van der Waals surface area contributed by atoms with Crippen LogP contribution in [0.3, 0.4) is 0 Å². The summed E-state index contributed by atoms with van der Waals surface area (Å²) in [6.45, 7) is 2.72. The zero-order valence-electron chi connectivity index (χ0n) is 15.3. The Morgan fingerprint density at radius 3 is 2.68 bits per heavy atom. The standard InChI is InChI=1S/C22H21N3O2S/c26-17-9-5-4-8-15(17)20-23-21(27)19-16-10-11-25(12-14-6-2-1-3-7-14)13-18(16)28-22(19)24-20/h1-9,20,24,26H,10-13H2,(H,23,27). The molecule has 1 unspecified atom stereocenters. The van der Waals surface area contributed by atoms with E-state index in [9.17, 15) is 9.90 Å². The lowest BCUT2D eigenvalue weighted by Gasteiger charge is -2.28. The van der Waals surface area contributed by atoms with Crippen molar-refractivity contribution in [3.05, 3.63) is 81.7 Å². The highest BCUT2D eigenvalue weighted by atomic mass is 32.1. The van der Waals surface area contributed by atoms with Crippen molar-refractivity contribution >= 4 is 22.2 Å². The number of phenols is 1. The van der Waals surface area contributed by atoms with Gasteiger partial charge in [0.15, 0.2) is 0 Å². The molecular formula is C22H21N3O2S. The summed E-state index contributed by atoms with van der Waals surface area (Å²) >= 11 is 1.66. The van der Waals surface area contributed by atoms with E-state index < -0.39 is 6.17 Å². The Morgan fingerprint density at radius 2 is 1.86 bits per heavy atom. The Morgan fingerprint density at radius 1 is 1.07 bits per heavy atom. The molecule has 3 heterocycles. The number of hydrogen-bond acceptors (Lipinski definition) is 5. The van der Waals surface area contributed by atoms with Gasteiger partial charge in [-0.15, -0.1) is 11.3 Å². The number of thiophene rings is 1. The first-order valence-electron chi connectivity index (χ1n) is 9.45. The Labute approximate surface area is 167 Å². The third kappa shape index (κ3) is 3.04. The molecule has 0 bridgehead atoms. The quantitative estimate of drug-likeness (QED) is 0.634. The summed E-state index contributed by atoms with van der Waals surface area (Å²) in [7, 11) is 0. The van der Waals surface area contributed by atoms with E-state index in [4.69, 9.17) is 0 Å². The number of anilines is 1. The third-order valence-electron chi connectivity index (χ3n) is 5.41. The fourth-order valence-electron chi connectivity index (χ4n) is 4.03. The number of para-hydroxylation sites is 1. The van der Waals surface area contributed by atoms with Crippen molar-refractivity contribution in [1.82, 2.24) is 10.2 Å². The molecule has 1 atom stereocenters. The van der Waals surface area contributed by atoms with Crippen LogP contribution in [0.25, 0.3) is 0 Å². The normalized spacial score (nSPS) is 18.7. The summed E-state index contributed by atoms with van der Waals surface area (Å²) in [4.78, 5) is 16.5. The topological polar surface area (TPSA) is 64.6 Å². The molecule has 28 heavy (non-hydrogen) atoms. The molecule has 0 radical (unpaired) electrons. The average Bonchev–Trinajstić information content (AvgIpc) is 3.07. The lowest BCUT2D eigenvalue weighted by Crippen LogP contribution is -2.38. The maximum absolute atomic E-state index is 12.8. The Kier molecular flexibility index (Phi) is 4.30. The summed E-state index contributed by atoms with van der Waals surface area (Å²) in [5, 5.41) is 17.5. The first kappa shape index (κ1) is 17.3. The van der Waals surface area contributed by atoms with Gasteiger partial charge in [0, 0.05) is 30.1 Å². The molecule has 0 aliphatic carbocycles. The van der Waals surface area contributed by atoms with Crippen LogP contribution >= 0.6 is 11.3 Å². The zero-order chi connectivity index (χ0) is 19.1. The number of rotatable bonds is 3. The van der Waals surface area contributed by atoms with Crippen LogP contribution in [0.5, 0.6) is 5.75 Å². The van der Waals surface area contributed by atoms with E-state index in [1.54, 1.807) is 23.5 Å². The molecule has 142 valence electrons. The van der Waals surface area contributed by atoms with Crippen molar-refractivity contribution in [1.29, 1.82) is 0 Å². The van der Waals surface area contributed by atoms with E-state index in [2.05, 4.69) is 39.8 Å². The van der Waals surface area contributed by atoms with E-state index in [1.165, 1.54) is 16.0 Å². The van der Waals surface area contributed by atoms with Crippen molar-refractivity contribution in [3.8, 4) is 5.75 Å². The number of benzene rings is 2. The number of hydrogen-bond donors (Lipinski definition) is 3. The van der Waals surface area contributed by atoms with E-state index in [0.717, 1.165) is 36.6 Å². The average molecular weight is 391 g/mol. The van der Waals surface area contributed by atoms with E-state index in [1.807, 2.05) is 18.2 Å². The highest BCUT2D eigenvalue weighted by molar-refractivity contribution is 7.16. The SMILES string of the molecule is O=C1NC(c2ccccc2O)Nc2sc3c(c21)CCN(Cc1ccccc1)C3. The second kappa shape index (κ2) is 6.96. The van der Waals surface area contributed by atoms with Crippen LogP contribution in [-0.4, -0.2) is 22.5 Å². The molecule has 5 nitrogen and oxygen atoms in total. The van der Waals surface area contributed by atoms with Crippen LogP contribution in [0.4, 0.5) is 5.00 Å². The fourth-order valence-corrected chi connectivity index (χ4v) is 5.35. The van der Waals surface area contributed by atoms with Crippen LogP contribution in [0.2, 0.25) is 0 Å². The number of carbonyl (C=O) groups excluding carboxylic acids is 1. The highest BCUT2D eigenvalue weighted by Gasteiger charge is 2.33. The number of phenolic OH excluding ortho intramolecular Hbond substituents is 1. The third-order valence-corrected chi connectivity index (χ3v) is 6.56. The minimum absolute atomic E-state index is 0.0592. The molecule has 2 aromatic carbocycles. The molecule has 1 amide bonds. The van der Waals surface area contributed by atoms with Gasteiger partial charge in [0.1, 0.15) is 16.9 Å². The highest BCUT2D eigenvalue weighted by Crippen LogP contribution is 2.41. The molecule has 0 saturated carbocycles. The second-order valence-electron chi connectivity index (χ2n) is 7.26. The molecule has 2 aliphatic heterocycles. The predicted molar refractivity (Wildman–Crippen MR) is 111 cm³/mol. The maximum atomic E-state index is 12.8. The van der Waals surface area contributed by atoms with Gasteiger partial charge in [-0.1, -0.05) is 48.5 Å². The molecule has 3 aromatic rings. The number of aromatic hydroxyl groups is 1. The summed E-state index contributed by atoms with van der Waals surface area (Å²) < 4.78 is 0. The van der Waals surface area contributed by atoms with Crippen molar-refractivity contribution < 1.29 is 9.90 Å². The minimum Gasteiger partial charge on any atom is -0.508 e. The summed E-state index contributed by atoms with van der Waals surface area (Å²) in [5.74, 6) is 0.120. The first-order chi connectivity index (χ1) is 13.7. The van der Waals surface area contributed by atoms with Gasteiger partial charge in [-0.2, -0.15) is 0 Å². The Hall–Kier alpha value is -2.83. The van der Waals surface area contributed by atoms with Crippen molar-refractivity contribution in [2.45, 2.75) is 25.7 Å². The van der Waals surface area contributed by atoms with Gasteiger partial charge < -0.3 is 15.7 Å². The number of nitrogens with zero attached hydrogens (tertiary/aromatic N) is 1. The lowest BCUT2D eigenvalue weighted by molar-refractivity contribution is 0.0934. The van der Waals surface area contributed by atoms with Crippen LogP contribution in [0, 0.1) is 0 Å². The van der Waals surface area contributed by atoms with Crippen LogP contribution in [-0.2, 0) is 19.5 Å². The van der Waals surface area contributed by atoms with E-state index in [0.29, 0.717) is 5.56 Å². The molecular weight excluding hydrogens is 370 g/mol. The molecule has 2 aliphatic rings. The van der Waals surface area contributed by atoms with E-state index in [-0.39, 0.29) is 11.7 Å². The summed E-state index contributed by atoms with van der Waals surface area (Å²) in [6, 6.07) is 17.6. The second-order valence-corrected chi connectivity index (χ2v) is 8.37. The number of fused-ring (bicyclic) bond motifs is 3. The van der Waals surface area contributed by atoms with Crippen LogP contribution in [0.15, 0.2) is 54.6 Å².